The summed E-state index contributed by atoms with van der Waals surface area (Å²) in [7, 11) is 0. The molecule has 0 amide bonds. The quantitative estimate of drug-likeness (QED) is 0.558. The minimum atomic E-state index is -4.82. The van der Waals surface area contributed by atoms with Crippen LogP contribution >= 0.6 is 0 Å². The average Bonchev–Trinajstić information content (AvgIpc) is 2.66. The van der Waals surface area contributed by atoms with Gasteiger partial charge < -0.3 is 5.11 Å². The molecule has 3 nitrogen and oxygen atoms in total. The molecule has 0 bridgehead atoms. The Morgan fingerprint density at radius 1 is 0.969 bits per heavy atom. The van der Waals surface area contributed by atoms with Gasteiger partial charge in [0.1, 0.15) is 5.82 Å². The Balaban J connectivity index is 1.80. The van der Waals surface area contributed by atoms with Crippen molar-refractivity contribution in [3.8, 4) is 0 Å². The molecule has 1 N–H and O–H groups in total. The Labute approximate surface area is 179 Å². The van der Waals surface area contributed by atoms with Crippen molar-refractivity contribution >= 4 is 5.97 Å². The summed E-state index contributed by atoms with van der Waals surface area (Å²) < 4.78 is 90.9. The van der Waals surface area contributed by atoms with E-state index in [0.29, 0.717) is 36.7 Å². The number of aliphatic carboxylic acids is 1. The zero-order valence-electron chi connectivity index (χ0n) is 16.7. The van der Waals surface area contributed by atoms with Crippen LogP contribution in [0.15, 0.2) is 42.5 Å². The lowest BCUT2D eigenvalue weighted by atomic mass is 9.82. The summed E-state index contributed by atoms with van der Waals surface area (Å²) in [6, 6.07) is 7.26. The van der Waals surface area contributed by atoms with Gasteiger partial charge in [-0.15, -0.1) is 0 Å². The van der Waals surface area contributed by atoms with E-state index in [1.54, 1.807) is 0 Å². The molecular formula is C22H20F7NO2. The molecule has 1 aliphatic rings. The zero-order chi connectivity index (χ0) is 23.7. The Hall–Kier alpha value is -2.62. The van der Waals surface area contributed by atoms with Gasteiger partial charge in [0.2, 0.25) is 0 Å². The van der Waals surface area contributed by atoms with Crippen LogP contribution < -0.4 is 0 Å². The number of rotatable bonds is 5. The van der Waals surface area contributed by atoms with E-state index in [1.807, 2.05) is 4.90 Å². The maximum Gasteiger partial charge on any atom is 0.419 e. The van der Waals surface area contributed by atoms with Crippen molar-refractivity contribution in [2.75, 3.05) is 13.1 Å². The van der Waals surface area contributed by atoms with Crippen LogP contribution in [0.4, 0.5) is 30.7 Å². The van der Waals surface area contributed by atoms with Gasteiger partial charge in [0.15, 0.2) is 0 Å². The summed E-state index contributed by atoms with van der Waals surface area (Å²) in [6.45, 7) is 0.892. The van der Waals surface area contributed by atoms with Crippen molar-refractivity contribution in [1.82, 2.24) is 4.90 Å². The fourth-order valence-electron chi connectivity index (χ4n) is 4.14. The van der Waals surface area contributed by atoms with Gasteiger partial charge in [-0.2, -0.15) is 26.3 Å². The van der Waals surface area contributed by atoms with Crippen molar-refractivity contribution in [3.05, 3.63) is 70.5 Å². The lowest BCUT2D eigenvalue weighted by Gasteiger charge is -2.38. The number of benzene rings is 2. The van der Waals surface area contributed by atoms with Crippen LogP contribution in [-0.2, 0) is 23.7 Å². The van der Waals surface area contributed by atoms with E-state index in [-0.39, 0.29) is 18.9 Å². The second-order valence-corrected chi connectivity index (χ2v) is 8.02. The third kappa shape index (κ3) is 5.99. The summed E-state index contributed by atoms with van der Waals surface area (Å²) in [4.78, 5) is 13.0. The molecule has 10 heteroatoms. The number of nitrogens with zero attached hydrogens (tertiary/aromatic N) is 1. The fourth-order valence-corrected chi connectivity index (χ4v) is 4.14. The van der Waals surface area contributed by atoms with Gasteiger partial charge in [-0.25, -0.2) is 4.39 Å². The minimum absolute atomic E-state index is 0.177. The first kappa shape index (κ1) is 24.0. The van der Waals surface area contributed by atoms with Gasteiger partial charge in [-0.3, -0.25) is 9.69 Å². The number of alkyl halides is 6. The second kappa shape index (κ2) is 9.09. The van der Waals surface area contributed by atoms with Crippen LogP contribution in [-0.4, -0.2) is 29.1 Å². The highest BCUT2D eigenvalue weighted by atomic mass is 19.4. The molecule has 0 radical (unpaired) electrons. The van der Waals surface area contributed by atoms with E-state index in [1.165, 1.54) is 18.2 Å². The van der Waals surface area contributed by atoms with Gasteiger partial charge in [-0.1, -0.05) is 18.2 Å². The normalized spacial score (nSPS) is 20.3. The summed E-state index contributed by atoms with van der Waals surface area (Å²) in [5.41, 5.74) is -1.27. The van der Waals surface area contributed by atoms with Crippen molar-refractivity contribution < 1.29 is 40.6 Å². The first-order chi connectivity index (χ1) is 14.8. The van der Waals surface area contributed by atoms with Crippen molar-refractivity contribution in [1.29, 1.82) is 0 Å². The molecule has 1 fully saturated rings. The highest BCUT2D eigenvalue weighted by Crippen LogP contribution is 2.37. The molecule has 0 unspecified atom stereocenters. The second-order valence-electron chi connectivity index (χ2n) is 8.02. The Morgan fingerprint density at radius 3 is 2.16 bits per heavy atom. The van der Waals surface area contributed by atoms with Crippen molar-refractivity contribution in [2.45, 2.75) is 37.7 Å². The van der Waals surface area contributed by atoms with Crippen molar-refractivity contribution in [2.24, 2.45) is 5.92 Å². The Morgan fingerprint density at radius 2 is 1.62 bits per heavy atom. The van der Waals surface area contributed by atoms with Crippen LogP contribution in [0.5, 0.6) is 0 Å². The van der Waals surface area contributed by atoms with Crippen LogP contribution in [0.2, 0.25) is 0 Å². The lowest BCUT2D eigenvalue weighted by Crippen LogP contribution is -2.39. The molecule has 0 saturated carbocycles. The number of hydrogen-bond donors (Lipinski definition) is 1. The van der Waals surface area contributed by atoms with Gasteiger partial charge in [0, 0.05) is 26.1 Å². The minimum Gasteiger partial charge on any atom is -0.481 e. The molecule has 1 saturated heterocycles. The van der Waals surface area contributed by atoms with Crippen LogP contribution in [0.3, 0.4) is 0 Å². The van der Waals surface area contributed by atoms with Crippen LogP contribution in [0, 0.1) is 11.7 Å². The molecule has 3 rings (SSSR count). The van der Waals surface area contributed by atoms with Gasteiger partial charge in [0.25, 0.3) is 0 Å². The molecule has 1 aliphatic heterocycles. The summed E-state index contributed by atoms with van der Waals surface area (Å²) in [5.74, 6) is -3.20. The van der Waals surface area contributed by atoms with E-state index >= 15 is 0 Å². The first-order valence-corrected chi connectivity index (χ1v) is 9.80. The van der Waals surface area contributed by atoms with E-state index < -0.39 is 41.2 Å². The first-order valence-electron chi connectivity index (χ1n) is 9.80. The number of hydrogen-bond acceptors (Lipinski definition) is 2. The highest BCUT2D eigenvalue weighted by Gasteiger charge is 2.36. The molecular weight excluding hydrogens is 443 g/mol. The number of carbonyl (C=O) groups is 1. The predicted molar refractivity (Wildman–Crippen MR) is 101 cm³/mol. The highest BCUT2D eigenvalue weighted by molar-refractivity contribution is 5.67. The molecule has 32 heavy (non-hydrogen) atoms. The van der Waals surface area contributed by atoms with Crippen molar-refractivity contribution in [3.63, 3.8) is 0 Å². The third-order valence-electron chi connectivity index (χ3n) is 5.53. The smallest absolute Gasteiger partial charge is 0.419 e. The Kier molecular flexibility index (Phi) is 6.83. The predicted octanol–water partition coefficient (Wildman–Crippen LogP) is 5.94. The lowest BCUT2D eigenvalue weighted by molar-refractivity contribution is -0.140. The molecule has 0 aliphatic carbocycles. The van der Waals surface area contributed by atoms with E-state index in [0.717, 1.165) is 18.2 Å². The monoisotopic (exact) mass is 463 g/mol. The van der Waals surface area contributed by atoms with E-state index in [2.05, 4.69) is 0 Å². The van der Waals surface area contributed by atoms with E-state index in [4.69, 9.17) is 5.11 Å². The molecule has 174 valence electrons. The zero-order valence-corrected chi connectivity index (χ0v) is 16.7. The molecule has 0 aromatic heterocycles. The third-order valence-corrected chi connectivity index (χ3v) is 5.53. The average molecular weight is 463 g/mol. The standard InChI is InChI=1S/C22H20F7NO2/c23-19-9-15(3-6-18(19)22(27,28)29)16-7-14(8-20(31)32)11-30(12-16)10-13-1-4-17(5-2-13)21(24,25)26/h1-6,9,14,16H,7-8,10-12H2,(H,31,32)/t14-,16+/m1/s1. The number of likely N-dealkylation sites (tertiary alicyclic amines) is 1. The molecule has 2 atom stereocenters. The SMILES string of the molecule is O=C(O)C[C@H]1C[C@H](c2ccc(C(F)(F)F)c(F)c2)CN(Cc2ccc(C(F)(F)F)cc2)C1. The van der Waals surface area contributed by atoms with Gasteiger partial charge in [-0.05, 0) is 53.6 Å². The van der Waals surface area contributed by atoms with Crippen LogP contribution in [0.1, 0.15) is 41.0 Å². The number of halogens is 7. The molecule has 2 aromatic carbocycles. The molecule has 1 heterocycles. The number of carboxylic acids is 1. The topological polar surface area (TPSA) is 40.5 Å². The van der Waals surface area contributed by atoms with Gasteiger partial charge in [0.05, 0.1) is 11.1 Å². The number of piperidine rings is 1. The van der Waals surface area contributed by atoms with Crippen LogP contribution in [0.25, 0.3) is 0 Å². The Bertz CT molecular complexity index is 954. The van der Waals surface area contributed by atoms with Gasteiger partial charge >= 0.3 is 18.3 Å². The summed E-state index contributed by atoms with van der Waals surface area (Å²) in [5, 5.41) is 9.17. The summed E-state index contributed by atoms with van der Waals surface area (Å²) >= 11 is 0. The number of carboxylic acid groups (broad SMARTS) is 1. The fraction of sp³-hybridized carbons (Fsp3) is 0.409. The van der Waals surface area contributed by atoms with E-state index in [9.17, 15) is 35.5 Å². The summed E-state index contributed by atoms with van der Waals surface area (Å²) in [6.07, 6.45) is -9.12. The molecule has 0 spiro atoms. The molecule has 2 aromatic rings. The maximum absolute atomic E-state index is 14.1. The largest absolute Gasteiger partial charge is 0.481 e. The maximum atomic E-state index is 14.1.